The minimum atomic E-state index is -0.106. The second-order valence-electron chi connectivity index (χ2n) is 3.16. The quantitative estimate of drug-likeness (QED) is 0.779. The van der Waals surface area contributed by atoms with Crippen LogP contribution in [0.1, 0.15) is 10.4 Å². The van der Waals surface area contributed by atoms with Crippen molar-refractivity contribution >= 4 is 16.8 Å². The zero-order chi connectivity index (χ0) is 10.8. The number of carbonyl (C=O) groups excluding carboxylic acids is 1. The Balaban J connectivity index is 2.68. The van der Waals surface area contributed by atoms with Crippen LogP contribution in [0.3, 0.4) is 0 Å². The van der Waals surface area contributed by atoms with Crippen molar-refractivity contribution in [2.24, 2.45) is 0 Å². The number of hydrogen-bond donors (Lipinski definition) is 2. The minimum Gasteiger partial charge on any atom is -0.496 e. The number of aromatic amines is 1. The molecule has 1 amide bonds. The molecule has 2 N–H and O–H groups in total. The molecule has 0 atom stereocenters. The fraction of sp³-hybridized carbons (Fsp3) is 0.182. The van der Waals surface area contributed by atoms with Crippen molar-refractivity contribution in [2.75, 3.05) is 14.2 Å². The van der Waals surface area contributed by atoms with E-state index >= 15 is 0 Å². The predicted molar refractivity (Wildman–Crippen MR) is 58.2 cm³/mol. The van der Waals surface area contributed by atoms with E-state index in [0.29, 0.717) is 5.56 Å². The summed E-state index contributed by atoms with van der Waals surface area (Å²) < 4.78 is 5.20. The van der Waals surface area contributed by atoms with Gasteiger partial charge in [0.25, 0.3) is 5.91 Å². The standard InChI is InChI=1S/C11H12N2O2/c1-12-11(14)8-3-4-9(15-2)7-5-6-13-10(7)8/h3-6,13H,1-2H3,(H,12,14). The van der Waals surface area contributed by atoms with Crippen molar-refractivity contribution in [2.45, 2.75) is 0 Å². The predicted octanol–water partition coefficient (Wildman–Crippen LogP) is 1.54. The number of aromatic nitrogens is 1. The Morgan fingerprint density at radius 1 is 1.40 bits per heavy atom. The Bertz CT molecular complexity index is 502. The van der Waals surface area contributed by atoms with Crippen LogP contribution in [0.25, 0.3) is 10.9 Å². The molecule has 0 unspecified atom stereocenters. The third kappa shape index (κ3) is 1.44. The summed E-state index contributed by atoms with van der Waals surface area (Å²) >= 11 is 0. The number of benzene rings is 1. The molecule has 2 aromatic rings. The van der Waals surface area contributed by atoms with Gasteiger partial charge in [0.15, 0.2) is 0 Å². The lowest BCUT2D eigenvalue weighted by molar-refractivity contribution is 0.0964. The van der Waals surface area contributed by atoms with Gasteiger partial charge in [0.2, 0.25) is 0 Å². The molecule has 1 heterocycles. The summed E-state index contributed by atoms with van der Waals surface area (Å²) in [6.07, 6.45) is 1.79. The largest absolute Gasteiger partial charge is 0.496 e. The average molecular weight is 204 g/mol. The van der Waals surface area contributed by atoms with E-state index in [2.05, 4.69) is 10.3 Å². The molecule has 4 heteroatoms. The van der Waals surface area contributed by atoms with Gasteiger partial charge in [-0.15, -0.1) is 0 Å². The van der Waals surface area contributed by atoms with Crippen LogP contribution >= 0.6 is 0 Å². The number of methoxy groups -OCH3 is 1. The van der Waals surface area contributed by atoms with Gasteiger partial charge in [0.05, 0.1) is 18.2 Å². The van der Waals surface area contributed by atoms with Crippen LogP contribution < -0.4 is 10.1 Å². The van der Waals surface area contributed by atoms with Crippen LogP contribution in [-0.2, 0) is 0 Å². The maximum absolute atomic E-state index is 11.6. The smallest absolute Gasteiger partial charge is 0.253 e. The lowest BCUT2D eigenvalue weighted by atomic mass is 10.1. The number of amides is 1. The van der Waals surface area contributed by atoms with Crippen LogP contribution in [0.2, 0.25) is 0 Å². The van der Waals surface area contributed by atoms with Crippen molar-refractivity contribution in [1.82, 2.24) is 10.3 Å². The number of ether oxygens (including phenoxy) is 1. The number of rotatable bonds is 2. The van der Waals surface area contributed by atoms with Crippen LogP contribution in [-0.4, -0.2) is 25.0 Å². The van der Waals surface area contributed by atoms with Crippen LogP contribution in [0, 0.1) is 0 Å². The van der Waals surface area contributed by atoms with Crippen molar-refractivity contribution in [3.8, 4) is 5.75 Å². The zero-order valence-electron chi connectivity index (χ0n) is 8.63. The van der Waals surface area contributed by atoms with E-state index in [-0.39, 0.29) is 5.91 Å². The maximum atomic E-state index is 11.6. The van der Waals surface area contributed by atoms with Gasteiger partial charge in [0.1, 0.15) is 5.75 Å². The van der Waals surface area contributed by atoms with Crippen LogP contribution in [0.5, 0.6) is 5.75 Å². The van der Waals surface area contributed by atoms with Gasteiger partial charge < -0.3 is 15.0 Å². The molecule has 78 valence electrons. The molecule has 1 aromatic heterocycles. The molecule has 2 rings (SSSR count). The summed E-state index contributed by atoms with van der Waals surface area (Å²) in [5, 5.41) is 3.52. The molecule has 15 heavy (non-hydrogen) atoms. The monoisotopic (exact) mass is 204 g/mol. The van der Waals surface area contributed by atoms with E-state index in [1.54, 1.807) is 32.5 Å². The van der Waals surface area contributed by atoms with E-state index in [1.165, 1.54) is 0 Å². The van der Waals surface area contributed by atoms with Gasteiger partial charge in [-0.3, -0.25) is 4.79 Å². The highest BCUT2D eigenvalue weighted by Crippen LogP contribution is 2.27. The highest BCUT2D eigenvalue weighted by Gasteiger charge is 2.11. The fourth-order valence-corrected chi connectivity index (χ4v) is 1.63. The Labute approximate surface area is 87.2 Å². The number of fused-ring (bicyclic) bond motifs is 1. The summed E-state index contributed by atoms with van der Waals surface area (Å²) in [5.41, 5.74) is 1.42. The molecule has 0 spiro atoms. The highest BCUT2D eigenvalue weighted by atomic mass is 16.5. The summed E-state index contributed by atoms with van der Waals surface area (Å²) in [4.78, 5) is 14.6. The van der Waals surface area contributed by atoms with Crippen molar-refractivity contribution < 1.29 is 9.53 Å². The summed E-state index contributed by atoms with van der Waals surface area (Å²) in [6, 6.07) is 5.43. The number of hydrogen-bond acceptors (Lipinski definition) is 2. The summed E-state index contributed by atoms with van der Waals surface area (Å²) in [5.74, 6) is 0.656. The van der Waals surface area contributed by atoms with Gasteiger partial charge in [-0.25, -0.2) is 0 Å². The van der Waals surface area contributed by atoms with E-state index in [4.69, 9.17) is 4.74 Å². The second-order valence-corrected chi connectivity index (χ2v) is 3.16. The molecule has 1 aromatic carbocycles. The normalized spacial score (nSPS) is 10.3. The summed E-state index contributed by atoms with van der Waals surface area (Å²) in [7, 11) is 3.22. The molecule has 0 aliphatic heterocycles. The third-order valence-electron chi connectivity index (χ3n) is 2.37. The molecule has 0 saturated carbocycles. The Kier molecular flexibility index (Phi) is 2.33. The number of H-pyrrole nitrogens is 1. The third-order valence-corrected chi connectivity index (χ3v) is 2.37. The van der Waals surface area contributed by atoms with Gasteiger partial charge in [-0.05, 0) is 18.2 Å². The molecule has 0 saturated heterocycles. The van der Waals surface area contributed by atoms with Crippen LogP contribution in [0.4, 0.5) is 0 Å². The van der Waals surface area contributed by atoms with Gasteiger partial charge in [0, 0.05) is 18.6 Å². The number of nitrogens with one attached hydrogen (secondary N) is 2. The molecule has 0 aliphatic rings. The average Bonchev–Trinajstić information content (AvgIpc) is 2.75. The molecular formula is C11H12N2O2. The Morgan fingerprint density at radius 2 is 2.20 bits per heavy atom. The maximum Gasteiger partial charge on any atom is 0.253 e. The molecule has 0 fully saturated rings. The fourth-order valence-electron chi connectivity index (χ4n) is 1.63. The van der Waals surface area contributed by atoms with E-state index in [1.807, 2.05) is 6.07 Å². The van der Waals surface area contributed by atoms with Gasteiger partial charge >= 0.3 is 0 Å². The first-order valence-electron chi connectivity index (χ1n) is 4.64. The Morgan fingerprint density at radius 3 is 2.87 bits per heavy atom. The van der Waals surface area contributed by atoms with E-state index in [0.717, 1.165) is 16.7 Å². The topological polar surface area (TPSA) is 54.1 Å². The Hall–Kier alpha value is -1.97. The molecular weight excluding hydrogens is 192 g/mol. The van der Waals surface area contributed by atoms with Crippen LogP contribution in [0.15, 0.2) is 24.4 Å². The van der Waals surface area contributed by atoms with E-state index in [9.17, 15) is 4.79 Å². The molecule has 0 radical (unpaired) electrons. The first-order valence-corrected chi connectivity index (χ1v) is 4.64. The molecule has 0 bridgehead atoms. The van der Waals surface area contributed by atoms with Crippen molar-refractivity contribution in [1.29, 1.82) is 0 Å². The van der Waals surface area contributed by atoms with Gasteiger partial charge in [-0.1, -0.05) is 0 Å². The number of carbonyl (C=O) groups is 1. The lowest BCUT2D eigenvalue weighted by Gasteiger charge is -2.05. The highest BCUT2D eigenvalue weighted by molar-refractivity contribution is 6.07. The van der Waals surface area contributed by atoms with Crippen molar-refractivity contribution in [3.63, 3.8) is 0 Å². The minimum absolute atomic E-state index is 0.106. The SMILES string of the molecule is CNC(=O)c1ccc(OC)c2cc[nH]c12. The van der Waals surface area contributed by atoms with Crippen molar-refractivity contribution in [3.05, 3.63) is 30.0 Å². The zero-order valence-corrected chi connectivity index (χ0v) is 8.63. The second kappa shape index (κ2) is 3.65. The first-order chi connectivity index (χ1) is 7.27. The summed E-state index contributed by atoms with van der Waals surface area (Å²) in [6.45, 7) is 0. The van der Waals surface area contributed by atoms with E-state index < -0.39 is 0 Å². The molecule has 0 aliphatic carbocycles. The lowest BCUT2D eigenvalue weighted by Crippen LogP contribution is -2.18. The molecule has 4 nitrogen and oxygen atoms in total. The van der Waals surface area contributed by atoms with Gasteiger partial charge in [-0.2, -0.15) is 0 Å². The first kappa shape index (κ1) is 9.58.